The van der Waals surface area contributed by atoms with Gasteiger partial charge in [0, 0.05) is 13.1 Å². The second kappa shape index (κ2) is 7.08. The minimum atomic E-state index is -0.0637. The fraction of sp³-hybridized carbons (Fsp3) is 0.611. The van der Waals surface area contributed by atoms with Crippen molar-refractivity contribution in [2.24, 2.45) is 5.92 Å². The van der Waals surface area contributed by atoms with E-state index in [9.17, 15) is 4.79 Å². The van der Waals surface area contributed by atoms with E-state index < -0.39 is 0 Å². The summed E-state index contributed by atoms with van der Waals surface area (Å²) < 4.78 is 0. The molecule has 0 bridgehead atoms. The molecule has 0 radical (unpaired) electrons. The summed E-state index contributed by atoms with van der Waals surface area (Å²) in [5.41, 5.74) is 2.63. The normalized spacial score (nSPS) is 22.6. The maximum atomic E-state index is 12.3. The van der Waals surface area contributed by atoms with E-state index in [2.05, 4.69) is 34.9 Å². The van der Waals surface area contributed by atoms with Crippen LogP contribution in [0.1, 0.15) is 49.7 Å². The van der Waals surface area contributed by atoms with Crippen LogP contribution in [-0.4, -0.2) is 18.5 Å². The van der Waals surface area contributed by atoms with E-state index in [1.807, 2.05) is 0 Å². The zero-order valence-corrected chi connectivity index (χ0v) is 12.7. The van der Waals surface area contributed by atoms with Gasteiger partial charge in [-0.05, 0) is 29.9 Å². The van der Waals surface area contributed by atoms with E-state index in [4.69, 9.17) is 0 Å². The van der Waals surface area contributed by atoms with E-state index in [-0.39, 0.29) is 11.9 Å². The van der Waals surface area contributed by atoms with Crippen molar-refractivity contribution < 1.29 is 4.79 Å². The number of nitrogens with one attached hydrogen (secondary N) is 2. The maximum absolute atomic E-state index is 12.3. The molecule has 1 atom stereocenters. The van der Waals surface area contributed by atoms with Gasteiger partial charge in [-0.2, -0.15) is 0 Å². The van der Waals surface area contributed by atoms with Crippen LogP contribution < -0.4 is 10.6 Å². The first-order valence-electron chi connectivity index (χ1n) is 8.41. The van der Waals surface area contributed by atoms with E-state index in [0.717, 1.165) is 31.8 Å². The zero-order chi connectivity index (χ0) is 14.5. The van der Waals surface area contributed by atoms with Crippen molar-refractivity contribution in [1.82, 2.24) is 10.6 Å². The monoisotopic (exact) mass is 286 g/mol. The molecule has 3 heteroatoms. The van der Waals surface area contributed by atoms with Crippen molar-refractivity contribution >= 4 is 5.91 Å². The summed E-state index contributed by atoms with van der Waals surface area (Å²) in [7, 11) is 0. The van der Waals surface area contributed by atoms with E-state index >= 15 is 0 Å². The van der Waals surface area contributed by atoms with Crippen LogP contribution >= 0.6 is 0 Å². The van der Waals surface area contributed by atoms with Gasteiger partial charge in [0.25, 0.3) is 0 Å². The first-order chi connectivity index (χ1) is 10.3. The van der Waals surface area contributed by atoms with Crippen molar-refractivity contribution in [2.45, 2.75) is 57.5 Å². The summed E-state index contributed by atoms with van der Waals surface area (Å²) in [6, 6.07) is 8.33. The van der Waals surface area contributed by atoms with Crippen molar-refractivity contribution in [3.63, 3.8) is 0 Å². The summed E-state index contributed by atoms with van der Waals surface area (Å²) in [5, 5.41) is 6.48. The minimum Gasteiger partial charge on any atom is -0.355 e. The number of benzene rings is 1. The highest BCUT2D eigenvalue weighted by atomic mass is 16.2. The summed E-state index contributed by atoms with van der Waals surface area (Å²) in [5.74, 6) is 0.999. The molecule has 1 amide bonds. The Labute approximate surface area is 127 Å². The molecule has 0 aromatic heterocycles. The molecule has 1 aliphatic heterocycles. The SMILES string of the molecule is O=C(NCCC1CCCCC1)C1Cc2ccccc2CN1. The molecule has 0 saturated heterocycles. The number of hydrogen-bond donors (Lipinski definition) is 2. The number of carbonyl (C=O) groups is 1. The van der Waals surface area contributed by atoms with Crippen molar-refractivity contribution in [3.05, 3.63) is 35.4 Å². The van der Waals surface area contributed by atoms with Gasteiger partial charge >= 0.3 is 0 Å². The van der Waals surface area contributed by atoms with E-state index in [0.29, 0.717) is 0 Å². The van der Waals surface area contributed by atoms with Crippen LogP contribution in [0.5, 0.6) is 0 Å². The van der Waals surface area contributed by atoms with Gasteiger partial charge in [-0.15, -0.1) is 0 Å². The Morgan fingerprint density at radius 3 is 2.71 bits per heavy atom. The van der Waals surface area contributed by atoms with E-state index in [1.165, 1.54) is 43.2 Å². The van der Waals surface area contributed by atoms with Crippen LogP contribution in [0.4, 0.5) is 0 Å². The van der Waals surface area contributed by atoms with Gasteiger partial charge < -0.3 is 10.6 Å². The number of carbonyl (C=O) groups excluding carboxylic acids is 1. The quantitative estimate of drug-likeness (QED) is 0.893. The largest absolute Gasteiger partial charge is 0.355 e. The molecule has 1 unspecified atom stereocenters. The highest BCUT2D eigenvalue weighted by molar-refractivity contribution is 5.82. The third kappa shape index (κ3) is 3.85. The molecule has 1 fully saturated rings. The molecule has 3 rings (SSSR count). The van der Waals surface area contributed by atoms with Crippen LogP contribution in [0.25, 0.3) is 0 Å². The molecule has 21 heavy (non-hydrogen) atoms. The van der Waals surface area contributed by atoms with Crippen molar-refractivity contribution in [2.75, 3.05) is 6.54 Å². The first-order valence-corrected chi connectivity index (χ1v) is 8.41. The molecule has 1 aromatic rings. The molecule has 0 spiro atoms. The van der Waals surface area contributed by atoms with Gasteiger partial charge in [0.1, 0.15) is 0 Å². The molecule has 1 heterocycles. The molecular weight excluding hydrogens is 260 g/mol. The maximum Gasteiger partial charge on any atom is 0.237 e. The molecule has 1 aliphatic carbocycles. The van der Waals surface area contributed by atoms with Crippen LogP contribution in [0, 0.1) is 5.92 Å². The van der Waals surface area contributed by atoms with Gasteiger partial charge in [-0.3, -0.25) is 4.79 Å². The van der Waals surface area contributed by atoms with Crippen LogP contribution in [-0.2, 0) is 17.8 Å². The Hall–Kier alpha value is -1.35. The van der Waals surface area contributed by atoms with Gasteiger partial charge in [-0.25, -0.2) is 0 Å². The fourth-order valence-electron chi connectivity index (χ4n) is 3.64. The molecule has 2 aliphatic rings. The molecule has 1 aromatic carbocycles. The third-order valence-electron chi connectivity index (χ3n) is 4.97. The van der Waals surface area contributed by atoms with Crippen molar-refractivity contribution in [1.29, 1.82) is 0 Å². The van der Waals surface area contributed by atoms with Crippen LogP contribution in [0.3, 0.4) is 0 Å². The average molecular weight is 286 g/mol. The first kappa shape index (κ1) is 14.6. The van der Waals surface area contributed by atoms with Gasteiger partial charge in [-0.1, -0.05) is 56.4 Å². The van der Waals surface area contributed by atoms with Gasteiger partial charge in [0.2, 0.25) is 5.91 Å². The van der Waals surface area contributed by atoms with Crippen molar-refractivity contribution in [3.8, 4) is 0 Å². The summed E-state index contributed by atoms with van der Waals surface area (Å²) in [6.07, 6.45) is 8.81. The average Bonchev–Trinajstić information content (AvgIpc) is 2.55. The lowest BCUT2D eigenvalue weighted by molar-refractivity contribution is -0.123. The Bertz CT molecular complexity index is 480. The Balaban J connectivity index is 1.44. The second-order valence-corrected chi connectivity index (χ2v) is 6.49. The summed E-state index contributed by atoms with van der Waals surface area (Å²) in [4.78, 5) is 12.3. The predicted octanol–water partition coefficient (Wildman–Crippen LogP) is 2.79. The molecule has 2 N–H and O–H groups in total. The fourth-order valence-corrected chi connectivity index (χ4v) is 3.64. The highest BCUT2D eigenvalue weighted by Gasteiger charge is 2.23. The standard InChI is InChI=1S/C18H26N2O/c21-18(19-11-10-14-6-2-1-3-7-14)17-12-15-8-4-5-9-16(15)13-20-17/h4-5,8-9,14,17,20H,1-3,6-7,10-13H2,(H,19,21). The summed E-state index contributed by atoms with van der Waals surface area (Å²) >= 11 is 0. The Morgan fingerprint density at radius 2 is 1.90 bits per heavy atom. The third-order valence-corrected chi connectivity index (χ3v) is 4.97. The predicted molar refractivity (Wildman–Crippen MR) is 85.0 cm³/mol. The number of fused-ring (bicyclic) bond motifs is 1. The number of rotatable bonds is 4. The van der Waals surface area contributed by atoms with Crippen LogP contribution in [0.15, 0.2) is 24.3 Å². The molecule has 3 nitrogen and oxygen atoms in total. The van der Waals surface area contributed by atoms with Gasteiger partial charge in [0.05, 0.1) is 6.04 Å². The van der Waals surface area contributed by atoms with E-state index in [1.54, 1.807) is 0 Å². The van der Waals surface area contributed by atoms with Gasteiger partial charge in [0.15, 0.2) is 0 Å². The lowest BCUT2D eigenvalue weighted by Gasteiger charge is -2.26. The topological polar surface area (TPSA) is 41.1 Å². The molecule has 114 valence electrons. The summed E-state index contributed by atoms with van der Waals surface area (Å²) in [6.45, 7) is 1.64. The Morgan fingerprint density at radius 1 is 1.14 bits per heavy atom. The lowest BCUT2D eigenvalue weighted by Crippen LogP contribution is -2.48. The lowest BCUT2D eigenvalue weighted by atomic mass is 9.87. The molecule has 1 saturated carbocycles. The smallest absolute Gasteiger partial charge is 0.237 e. The Kier molecular flexibility index (Phi) is 4.91. The number of hydrogen-bond acceptors (Lipinski definition) is 2. The minimum absolute atomic E-state index is 0.0637. The number of amides is 1. The highest BCUT2D eigenvalue weighted by Crippen LogP contribution is 2.25. The second-order valence-electron chi connectivity index (χ2n) is 6.49. The zero-order valence-electron chi connectivity index (χ0n) is 12.7. The molecular formula is C18H26N2O. The van der Waals surface area contributed by atoms with Crippen LogP contribution in [0.2, 0.25) is 0 Å².